The lowest BCUT2D eigenvalue weighted by Gasteiger charge is -2.08. The van der Waals surface area contributed by atoms with Gasteiger partial charge in [-0.15, -0.1) is 0 Å². The molecule has 404 valence electrons. The van der Waals surface area contributed by atoms with Crippen molar-refractivity contribution >= 4 is 23.5 Å². The first-order valence-electron chi connectivity index (χ1n) is 25.0. The molecule has 2 aromatic carbocycles. The first-order chi connectivity index (χ1) is 31.5. The van der Waals surface area contributed by atoms with Gasteiger partial charge in [-0.05, 0) is 143 Å². The zero-order valence-electron chi connectivity index (χ0n) is 49.2. The Balaban J connectivity index is -0.0000000674. The zero-order chi connectivity index (χ0) is 53.5. The molecule has 2 N–H and O–H groups in total. The number of unbranched alkanes of at least 4 members (excludes halogenated alkanes) is 2. The number of rotatable bonds is 18. The number of ether oxygens (including phenoxy) is 6. The van der Waals surface area contributed by atoms with Crippen LogP contribution in [0.5, 0.6) is 0 Å². The monoisotopic (exact) mass is 983 g/mol. The number of nitrogens with one attached hydrogen (secondary N) is 2. The van der Waals surface area contributed by atoms with E-state index in [9.17, 15) is 0 Å². The predicted molar refractivity (Wildman–Crippen MR) is 310 cm³/mol. The maximum absolute atomic E-state index is 5.17. The van der Waals surface area contributed by atoms with Gasteiger partial charge in [-0.1, -0.05) is 142 Å². The van der Waals surface area contributed by atoms with Gasteiger partial charge in [-0.2, -0.15) is 23.5 Å². The van der Waals surface area contributed by atoms with Crippen LogP contribution >= 0.6 is 23.5 Å². The van der Waals surface area contributed by atoms with Crippen LogP contribution in [0.15, 0.2) is 60.7 Å². The Morgan fingerprint density at radius 3 is 0.727 bits per heavy atom. The van der Waals surface area contributed by atoms with E-state index >= 15 is 0 Å². The molecule has 2 rings (SSSR count). The molecular formula is C56H122N2O6S2. The minimum atomic E-state index is 0.366. The van der Waals surface area contributed by atoms with E-state index in [2.05, 4.69) is 150 Å². The maximum Gasteiger partial charge on any atom is 0.0546 e. The van der Waals surface area contributed by atoms with Crippen LogP contribution in [0, 0.1) is 0 Å². The minimum Gasteiger partial charge on any atom is -0.385 e. The highest BCUT2D eigenvalue weighted by Crippen LogP contribution is 2.07. The number of aryl methyl sites for hydroxylation is 2. The van der Waals surface area contributed by atoms with E-state index in [0.29, 0.717) is 24.4 Å². The van der Waals surface area contributed by atoms with Crippen LogP contribution in [0.3, 0.4) is 0 Å². The smallest absolute Gasteiger partial charge is 0.0546 e. The lowest BCUT2D eigenvalue weighted by molar-refractivity contribution is 0.111. The molecule has 0 spiro atoms. The third-order valence-corrected chi connectivity index (χ3v) is 9.13. The summed E-state index contributed by atoms with van der Waals surface area (Å²) < 4.78 is 28.9. The topological polar surface area (TPSA) is 79.4 Å². The fraction of sp³-hybridized carbons (Fsp3) is 0.786. The number of methoxy groups -OCH3 is 6. The molecule has 8 nitrogen and oxygen atoms in total. The molecule has 0 aromatic heterocycles. The lowest BCUT2D eigenvalue weighted by atomic mass is 10.1. The van der Waals surface area contributed by atoms with E-state index in [0.717, 1.165) is 52.0 Å². The quantitative estimate of drug-likeness (QED) is 0.151. The van der Waals surface area contributed by atoms with Crippen LogP contribution in [0.25, 0.3) is 0 Å². The summed E-state index contributed by atoms with van der Waals surface area (Å²) in [6, 6.07) is 21.0. The molecule has 2 atom stereocenters. The number of benzene rings is 2. The Hall–Kier alpha value is -1.18. The first-order valence-corrected chi connectivity index (χ1v) is 27.7. The van der Waals surface area contributed by atoms with E-state index in [1.165, 1.54) is 48.3 Å². The molecule has 0 amide bonds. The molecule has 0 saturated heterocycles. The summed E-state index contributed by atoms with van der Waals surface area (Å²) in [7, 11) is 14.1. The molecule has 0 bridgehead atoms. The van der Waals surface area contributed by atoms with Gasteiger partial charge in [0.2, 0.25) is 0 Å². The van der Waals surface area contributed by atoms with Crippen molar-refractivity contribution < 1.29 is 28.4 Å². The summed E-state index contributed by atoms with van der Waals surface area (Å²) in [5.41, 5.74) is 2.78. The maximum atomic E-state index is 5.17. The molecule has 0 aliphatic heterocycles. The summed E-state index contributed by atoms with van der Waals surface area (Å²) in [6.07, 6.45) is 15.4. The fourth-order valence-electron chi connectivity index (χ4n) is 2.26. The Labute approximate surface area is 426 Å². The fourth-order valence-corrected chi connectivity index (χ4v) is 2.26. The highest BCUT2D eigenvalue weighted by molar-refractivity contribution is 7.98. The molecule has 2 unspecified atom stereocenters. The van der Waals surface area contributed by atoms with Crippen molar-refractivity contribution in [1.29, 1.82) is 0 Å². The van der Waals surface area contributed by atoms with Gasteiger partial charge in [0, 0.05) is 55.9 Å². The van der Waals surface area contributed by atoms with Crippen LogP contribution in [0.4, 0.5) is 0 Å². The Morgan fingerprint density at radius 2 is 0.621 bits per heavy atom. The van der Waals surface area contributed by atoms with E-state index in [1.807, 2.05) is 91.3 Å². The molecule has 66 heavy (non-hydrogen) atoms. The lowest BCUT2D eigenvalue weighted by Crippen LogP contribution is -2.05. The standard InChI is InChI=1S/2C11H16O.2C4H10O.2C4H10.2C3H9N.2C3H8O.2C3H8S/c2*1-10(12-2)8-9-11-6-4-3-5-7-11;2*1-4(2)5-3;8*1-3-4-2/h2*3-7,10H,8-9H2,1-2H3;2*4H,1-3H3;2*3-4H2,1-2H3;2*4H,3H2,1-2H3;4*3H2,1-2H3. The first kappa shape index (κ1) is 87.9. The molecule has 0 heterocycles. The van der Waals surface area contributed by atoms with Crippen molar-refractivity contribution in [3.63, 3.8) is 0 Å². The van der Waals surface area contributed by atoms with Gasteiger partial charge in [0.25, 0.3) is 0 Å². The molecule has 0 saturated carbocycles. The summed E-state index contributed by atoms with van der Waals surface area (Å²) in [5, 5.41) is 5.86. The van der Waals surface area contributed by atoms with Crippen molar-refractivity contribution in [1.82, 2.24) is 10.6 Å². The van der Waals surface area contributed by atoms with E-state index in [4.69, 9.17) is 18.9 Å². The number of thioether (sulfide) groups is 2. The van der Waals surface area contributed by atoms with Gasteiger partial charge in [0.05, 0.1) is 24.4 Å². The zero-order valence-corrected chi connectivity index (χ0v) is 50.9. The van der Waals surface area contributed by atoms with Crippen molar-refractivity contribution in [3.8, 4) is 0 Å². The van der Waals surface area contributed by atoms with E-state index in [1.54, 1.807) is 42.7 Å². The van der Waals surface area contributed by atoms with Crippen molar-refractivity contribution in [2.24, 2.45) is 0 Å². The second-order valence-electron chi connectivity index (χ2n) is 14.4. The van der Waals surface area contributed by atoms with E-state index in [-0.39, 0.29) is 0 Å². The molecular weight excluding hydrogens is 861 g/mol. The van der Waals surface area contributed by atoms with Gasteiger partial charge in [0.15, 0.2) is 0 Å². The third kappa shape index (κ3) is 144. The van der Waals surface area contributed by atoms with Gasteiger partial charge in [-0.3, -0.25) is 0 Å². The van der Waals surface area contributed by atoms with E-state index < -0.39 is 0 Å². The average Bonchev–Trinajstić information content (AvgIpc) is 3.38. The molecule has 0 aliphatic carbocycles. The molecule has 0 fully saturated rings. The summed E-state index contributed by atoms with van der Waals surface area (Å²) >= 11 is 3.71. The van der Waals surface area contributed by atoms with Crippen LogP contribution in [-0.2, 0) is 41.3 Å². The largest absolute Gasteiger partial charge is 0.385 e. The average molecular weight is 984 g/mol. The summed E-state index contributed by atoms with van der Waals surface area (Å²) in [6.45, 7) is 37.0. The van der Waals surface area contributed by atoms with Gasteiger partial charge in [-0.25, -0.2) is 0 Å². The van der Waals surface area contributed by atoms with Crippen molar-refractivity contribution in [2.75, 3.05) is 107 Å². The molecule has 10 heteroatoms. The number of hydrogen-bond donors (Lipinski definition) is 2. The molecule has 0 aliphatic rings. The second-order valence-corrected chi connectivity index (χ2v) is 16.7. The van der Waals surface area contributed by atoms with Crippen LogP contribution in [0.2, 0.25) is 0 Å². The SMILES string of the molecule is CCCC.CCCC.CCNC.CCNC.CCOC.CCOC.CCSC.CCSC.COC(C)C.COC(C)C.COC(C)CCc1ccccc1.COC(C)CCc1ccccc1. The second kappa shape index (κ2) is 97.5. The number of hydrogen-bond acceptors (Lipinski definition) is 10. The highest BCUT2D eigenvalue weighted by atomic mass is 32.2. The predicted octanol–water partition coefficient (Wildman–Crippen LogP) is 15.5. The van der Waals surface area contributed by atoms with Gasteiger partial charge >= 0.3 is 0 Å². The van der Waals surface area contributed by atoms with Crippen LogP contribution in [0.1, 0.15) is 160 Å². The van der Waals surface area contributed by atoms with Gasteiger partial charge < -0.3 is 39.1 Å². The summed E-state index contributed by atoms with van der Waals surface area (Å²) in [4.78, 5) is 0. The highest BCUT2D eigenvalue weighted by Gasteiger charge is 2.00. The van der Waals surface area contributed by atoms with Gasteiger partial charge in [0.1, 0.15) is 0 Å². The Morgan fingerprint density at radius 1 is 0.424 bits per heavy atom. The van der Waals surface area contributed by atoms with Crippen LogP contribution in [-0.4, -0.2) is 131 Å². The minimum absolute atomic E-state index is 0.366. The van der Waals surface area contributed by atoms with Crippen LogP contribution < -0.4 is 10.6 Å². The van der Waals surface area contributed by atoms with Crippen molar-refractivity contribution in [3.05, 3.63) is 71.8 Å². The molecule has 2 aromatic rings. The normalized spacial score (nSPS) is 9.76. The molecule has 0 radical (unpaired) electrons. The Bertz CT molecular complexity index is 783. The third-order valence-electron chi connectivity index (χ3n) is 7.97. The Kier molecular flexibility index (Phi) is 130. The van der Waals surface area contributed by atoms with Crippen molar-refractivity contribution in [2.45, 2.75) is 187 Å². The summed E-state index contributed by atoms with van der Waals surface area (Å²) in [5.74, 6) is 2.47.